The Bertz CT molecular complexity index is 4260. The quantitative estimate of drug-likeness (QED) is 0.0293. The third-order valence-electron chi connectivity index (χ3n) is 10.5. The minimum atomic E-state index is -5.77. The third-order valence-corrected chi connectivity index (χ3v) is 17.4. The Balaban J connectivity index is 0.00000792. The summed E-state index contributed by atoms with van der Waals surface area (Å²) in [7, 11) is -44.3. The van der Waals surface area contributed by atoms with Crippen LogP contribution in [0.2, 0.25) is 0 Å². The van der Waals surface area contributed by atoms with Crippen molar-refractivity contribution in [2.24, 2.45) is 0 Å². The first-order chi connectivity index (χ1) is 38.2. The van der Waals surface area contributed by atoms with E-state index in [1.807, 2.05) is 31.9 Å². The molecule has 0 heterocycles. The molecule has 0 unspecified atom stereocenters. The summed E-state index contributed by atoms with van der Waals surface area (Å²) >= 11 is 0. The molecule has 8 N–H and O–H groups in total. The number of anilines is 6. The number of benzene rings is 6. The van der Waals surface area contributed by atoms with Crippen LogP contribution in [0.5, 0.6) is 0 Å². The van der Waals surface area contributed by atoms with E-state index in [2.05, 4.69) is 0 Å². The number of nitrogens with one attached hydrogen (secondary N) is 6. The maximum absolute atomic E-state index is 13.8. The average Bonchev–Trinajstić information content (AvgIpc) is 3.33. The molecule has 89 heavy (non-hydrogen) atoms. The van der Waals surface area contributed by atoms with Crippen LogP contribution in [-0.2, 0) is 80.9 Å². The zero-order valence-corrected chi connectivity index (χ0v) is 61.6. The Morgan fingerprint density at radius 2 is 0.506 bits per heavy atom. The van der Waals surface area contributed by atoms with E-state index < -0.39 is 206 Å². The van der Waals surface area contributed by atoms with E-state index >= 15 is 0 Å². The molecule has 0 bridgehead atoms. The summed E-state index contributed by atoms with van der Waals surface area (Å²) in [6.45, 7) is 0. The van der Waals surface area contributed by atoms with Gasteiger partial charge >= 0.3 is 154 Å². The van der Waals surface area contributed by atoms with Crippen LogP contribution in [0.4, 0.5) is 38.9 Å². The van der Waals surface area contributed by atoms with Gasteiger partial charge in [-0.2, -0.15) is 16.8 Å². The first-order valence-electron chi connectivity index (χ1n) is 21.1. The van der Waals surface area contributed by atoms with Crippen molar-refractivity contribution in [1.29, 1.82) is 0 Å². The van der Waals surface area contributed by atoms with Crippen molar-refractivity contribution in [2.75, 3.05) is 31.9 Å². The molecular formula is C41H26N6Na5O29S8-. The predicted octanol–water partition coefficient (Wildman–Crippen LogP) is -14.7. The van der Waals surface area contributed by atoms with E-state index in [0.717, 1.165) is 0 Å². The van der Waals surface area contributed by atoms with Crippen LogP contribution >= 0.6 is 0 Å². The van der Waals surface area contributed by atoms with Crippen LogP contribution in [-0.4, -0.2) is 133 Å². The van der Waals surface area contributed by atoms with Gasteiger partial charge in [-0.05, 0) is 109 Å². The summed E-state index contributed by atoms with van der Waals surface area (Å²) in [6, 6.07) is 6.39. The number of carbonyl (C=O) groups excluding carboxylic acids is 5. The Morgan fingerprint density at radius 1 is 0.281 bits per heavy atom. The summed E-state index contributed by atoms with van der Waals surface area (Å²) in [4.78, 5) is 58.1. The van der Waals surface area contributed by atoms with Gasteiger partial charge in [-0.3, -0.25) is 28.3 Å². The van der Waals surface area contributed by atoms with Crippen LogP contribution in [0.3, 0.4) is 0 Å². The molecule has 0 aromatic heterocycles. The van der Waals surface area contributed by atoms with E-state index in [0.29, 0.717) is 84.9 Å². The SMILES string of the molecule is O=C(Nc1cc(C(=O)Nc2ccc(S(=O)(=O)[O-])cc2S(=O)(=O)[O-])cc(C(=O)Nc2ccc(S(=O)(=O)[O-])cc2S(=O)(=O)[O-])c1)Nc1cc(C(=O)Nc2ccc(S(=O)(=O)[O-])cc2S(=O)(=O)[O-])cc(C(=O)Nc2ccc(S(=O)(=O)O)cc2S(=O)(=O)O)c1.[Na+].[Na+].[Na+].[Na+].[Na+]. The van der Waals surface area contributed by atoms with Gasteiger partial charge in [-0.25, -0.2) is 55.3 Å². The zero-order valence-electron chi connectivity index (χ0n) is 45.1. The summed E-state index contributed by atoms with van der Waals surface area (Å²) in [6.07, 6.45) is 0. The smallest absolute Gasteiger partial charge is 0.744 e. The number of urea groups is 1. The van der Waals surface area contributed by atoms with Gasteiger partial charge in [-0.15, -0.1) is 0 Å². The second-order valence-corrected chi connectivity index (χ2v) is 27.3. The van der Waals surface area contributed by atoms with Gasteiger partial charge in [0.25, 0.3) is 43.9 Å². The van der Waals surface area contributed by atoms with Crippen LogP contribution in [0.1, 0.15) is 41.4 Å². The van der Waals surface area contributed by atoms with Gasteiger partial charge < -0.3 is 59.2 Å². The fraction of sp³-hybridized carbons (Fsp3) is 0. The molecule has 448 valence electrons. The molecule has 6 amide bonds. The van der Waals surface area contributed by atoms with E-state index in [1.54, 1.807) is 0 Å². The molecule has 0 atom stereocenters. The van der Waals surface area contributed by atoms with Gasteiger partial charge in [0.1, 0.15) is 65.6 Å². The maximum Gasteiger partial charge on any atom is 1.00 e. The van der Waals surface area contributed by atoms with Crippen molar-refractivity contribution in [3.8, 4) is 0 Å². The monoisotopic (exact) mass is 1440 g/mol. The molecule has 0 aliphatic carbocycles. The van der Waals surface area contributed by atoms with Gasteiger partial charge in [0, 0.05) is 33.6 Å². The summed E-state index contributed by atoms with van der Waals surface area (Å²) < 4.78 is 281. The Kier molecular flexibility index (Phi) is 29.5. The van der Waals surface area contributed by atoms with Crippen molar-refractivity contribution in [2.45, 2.75) is 39.2 Å². The molecule has 6 aromatic carbocycles. The van der Waals surface area contributed by atoms with Crippen molar-refractivity contribution in [3.05, 3.63) is 131 Å². The molecule has 0 aliphatic heterocycles. The summed E-state index contributed by atoms with van der Waals surface area (Å²) in [5, 5.41) is 11.6. The molecule has 0 spiro atoms. The minimum absolute atomic E-state index is 0. The fourth-order valence-corrected chi connectivity index (χ4v) is 11.8. The van der Waals surface area contributed by atoms with Gasteiger partial charge in [0.2, 0.25) is 0 Å². The van der Waals surface area contributed by atoms with Crippen LogP contribution < -0.4 is 180 Å². The van der Waals surface area contributed by atoms with Crippen molar-refractivity contribution < 1.29 is 276 Å². The van der Waals surface area contributed by atoms with Crippen molar-refractivity contribution >= 4 is 145 Å². The Morgan fingerprint density at radius 3 is 0.719 bits per heavy atom. The molecule has 6 rings (SSSR count). The van der Waals surface area contributed by atoms with Gasteiger partial charge in [0.05, 0.1) is 57.0 Å². The molecule has 35 nitrogen and oxygen atoms in total. The summed E-state index contributed by atoms with van der Waals surface area (Å²) in [5.41, 5.74) is -8.99. The Labute approximate surface area is 614 Å². The van der Waals surface area contributed by atoms with Crippen molar-refractivity contribution in [3.63, 3.8) is 0 Å². The van der Waals surface area contributed by atoms with Crippen molar-refractivity contribution in [1.82, 2.24) is 0 Å². The number of hydrogen-bond acceptors (Lipinski definition) is 27. The second kappa shape index (κ2) is 31.3. The number of amides is 6. The molecule has 0 saturated heterocycles. The normalized spacial score (nSPS) is 11.9. The second-order valence-electron chi connectivity index (χ2n) is 16.3. The summed E-state index contributed by atoms with van der Waals surface area (Å²) in [5.74, 6) is -6.23. The molecule has 0 fully saturated rings. The molecule has 0 saturated carbocycles. The largest absolute Gasteiger partial charge is 1.00 e. The fourth-order valence-electron chi connectivity index (χ4n) is 6.88. The molecular weight excluding hydrogens is 1410 g/mol. The van der Waals surface area contributed by atoms with Crippen LogP contribution in [0.15, 0.2) is 148 Å². The maximum atomic E-state index is 13.8. The molecule has 6 aromatic rings. The van der Waals surface area contributed by atoms with Gasteiger partial charge in [-0.1, -0.05) is 0 Å². The van der Waals surface area contributed by atoms with E-state index in [4.69, 9.17) is 0 Å². The zero-order chi connectivity index (χ0) is 63.2. The number of hydrogen-bond donors (Lipinski definition) is 8. The first-order valence-corrected chi connectivity index (χ1v) is 32.4. The van der Waals surface area contributed by atoms with Crippen LogP contribution in [0, 0.1) is 0 Å². The average molecular weight is 1440 g/mol. The third kappa shape index (κ3) is 22.5. The standard InChI is InChI=1S/C41H32N6O29S8.5Na/c48-37(44-29-5-1-25(77(53,54)55)15-33(29)81(65,66)67)19-9-20(38(49)45-30-6-2-26(78(56,57)58)16-34(30)82(68,69)70)12-23(11-19)42-41(52)43-24-13-21(39(50)46-31-7-3-27(79(59,60)61)17-35(31)83(71,72)73)10-22(14-24)40(51)47-32-8-4-28(80(62,63)64)18-36(32)84(74,75)76;;;;;/h1-18H,(H,44,48)(H,45,49)(H,46,50)(H,47,51)(H2,42,43,52)(H,53,54,55)(H,56,57,58)(H,59,60,61)(H,62,63,64)(H,65,66,67)(H,68,69,70)(H,71,72,73)(H,74,75,76);;;;;/q;5*+1/p-6. The molecule has 0 aliphatic rings. The van der Waals surface area contributed by atoms with Gasteiger partial charge in [0.15, 0.2) is 0 Å². The van der Waals surface area contributed by atoms with E-state index in [9.17, 15) is 128 Å². The van der Waals surface area contributed by atoms with E-state index in [1.165, 1.54) is 0 Å². The molecule has 0 radical (unpaired) electrons. The Hall–Kier alpha value is -3.25. The molecule has 48 heteroatoms. The van der Waals surface area contributed by atoms with E-state index in [-0.39, 0.29) is 172 Å². The minimum Gasteiger partial charge on any atom is -0.744 e. The van der Waals surface area contributed by atoms with Crippen LogP contribution in [0.25, 0.3) is 0 Å². The number of carbonyl (C=O) groups is 5. The topological polar surface area (TPSA) is 609 Å². The first kappa shape index (κ1) is 83.8. The predicted molar refractivity (Wildman–Crippen MR) is 271 cm³/mol. The number of rotatable bonds is 18.